The number of nitrogens with zero attached hydrogens (tertiary/aromatic N) is 1. The van der Waals surface area contributed by atoms with Crippen molar-refractivity contribution in [2.45, 2.75) is 38.5 Å². The van der Waals surface area contributed by atoms with E-state index >= 15 is 0 Å². The summed E-state index contributed by atoms with van der Waals surface area (Å²) in [6, 6.07) is 0. The van der Waals surface area contributed by atoms with Gasteiger partial charge in [-0.2, -0.15) is 0 Å². The quantitative estimate of drug-likeness (QED) is 0.798. The van der Waals surface area contributed by atoms with Crippen LogP contribution in [0.15, 0.2) is 0 Å². The van der Waals surface area contributed by atoms with Gasteiger partial charge in [0.05, 0.1) is 6.61 Å². The lowest BCUT2D eigenvalue weighted by Crippen LogP contribution is -2.43. The van der Waals surface area contributed by atoms with Gasteiger partial charge >= 0.3 is 0 Å². The van der Waals surface area contributed by atoms with E-state index in [-0.39, 0.29) is 5.41 Å². The molecular weight excluding hydrogens is 214 g/mol. The van der Waals surface area contributed by atoms with Crippen LogP contribution in [-0.2, 0) is 4.74 Å². The molecule has 1 N–H and O–H groups in total. The van der Waals surface area contributed by atoms with E-state index in [4.69, 9.17) is 4.74 Å². The van der Waals surface area contributed by atoms with Crippen LogP contribution in [0.1, 0.15) is 38.5 Å². The Balaban J connectivity index is 1.80. The molecule has 0 bridgehead atoms. The molecule has 1 aliphatic carbocycles. The van der Waals surface area contributed by atoms with Crippen molar-refractivity contribution in [2.75, 3.05) is 40.0 Å². The maximum absolute atomic E-state index is 9.67. The molecule has 0 aromatic carbocycles. The molecule has 17 heavy (non-hydrogen) atoms. The third-order valence-electron chi connectivity index (χ3n) is 4.54. The summed E-state index contributed by atoms with van der Waals surface area (Å²) in [5.74, 6) is 0.899. The van der Waals surface area contributed by atoms with Crippen molar-refractivity contribution in [3.8, 4) is 0 Å². The molecule has 3 nitrogen and oxygen atoms in total. The van der Waals surface area contributed by atoms with Gasteiger partial charge < -0.3 is 14.7 Å². The van der Waals surface area contributed by atoms with Gasteiger partial charge in [0.1, 0.15) is 0 Å². The zero-order valence-corrected chi connectivity index (χ0v) is 11.2. The van der Waals surface area contributed by atoms with E-state index in [9.17, 15) is 5.11 Å². The van der Waals surface area contributed by atoms with E-state index in [0.717, 1.165) is 38.5 Å². The number of ether oxygens (including phenoxy) is 1. The monoisotopic (exact) mass is 241 g/mol. The minimum atomic E-state index is 0.103. The number of aliphatic hydroxyl groups is 1. The van der Waals surface area contributed by atoms with Gasteiger partial charge in [0.2, 0.25) is 0 Å². The van der Waals surface area contributed by atoms with Gasteiger partial charge in [0, 0.05) is 31.7 Å². The predicted octanol–water partition coefficient (Wildman–Crippen LogP) is 1.90. The fraction of sp³-hybridized carbons (Fsp3) is 1.00. The van der Waals surface area contributed by atoms with E-state index < -0.39 is 0 Å². The lowest BCUT2D eigenvalue weighted by molar-refractivity contribution is -0.0323. The van der Waals surface area contributed by atoms with Gasteiger partial charge in [0.15, 0.2) is 0 Å². The maximum Gasteiger partial charge on any atom is 0.0501 e. The van der Waals surface area contributed by atoms with Gasteiger partial charge in [-0.3, -0.25) is 0 Å². The minimum Gasteiger partial charge on any atom is -0.396 e. The first kappa shape index (κ1) is 13.3. The molecule has 100 valence electrons. The van der Waals surface area contributed by atoms with Crippen LogP contribution in [0.4, 0.5) is 0 Å². The SMILES string of the molecule is CN(CC1CCCC1)CC1(CO)CCOCC1. The molecular formula is C14H27NO2. The smallest absolute Gasteiger partial charge is 0.0501 e. The predicted molar refractivity (Wildman–Crippen MR) is 69.0 cm³/mol. The lowest BCUT2D eigenvalue weighted by atomic mass is 9.80. The average molecular weight is 241 g/mol. The average Bonchev–Trinajstić information content (AvgIpc) is 2.83. The third-order valence-corrected chi connectivity index (χ3v) is 4.54. The second-order valence-corrected chi connectivity index (χ2v) is 6.12. The molecule has 1 aliphatic heterocycles. The summed E-state index contributed by atoms with van der Waals surface area (Å²) < 4.78 is 5.41. The highest BCUT2D eigenvalue weighted by atomic mass is 16.5. The number of hydrogen-bond donors (Lipinski definition) is 1. The Hall–Kier alpha value is -0.120. The van der Waals surface area contributed by atoms with Crippen molar-refractivity contribution in [1.29, 1.82) is 0 Å². The molecule has 2 aliphatic rings. The van der Waals surface area contributed by atoms with E-state index in [1.807, 2.05) is 0 Å². The fourth-order valence-electron chi connectivity index (χ4n) is 3.44. The lowest BCUT2D eigenvalue weighted by Gasteiger charge is -2.39. The van der Waals surface area contributed by atoms with E-state index in [2.05, 4.69) is 11.9 Å². The van der Waals surface area contributed by atoms with E-state index in [1.54, 1.807) is 0 Å². The van der Waals surface area contributed by atoms with Crippen LogP contribution in [-0.4, -0.2) is 50.0 Å². The molecule has 1 saturated carbocycles. The zero-order chi connectivity index (χ0) is 12.1. The Morgan fingerprint density at radius 1 is 1.24 bits per heavy atom. The van der Waals surface area contributed by atoms with Crippen LogP contribution in [0.2, 0.25) is 0 Å². The van der Waals surface area contributed by atoms with Gasteiger partial charge in [-0.05, 0) is 38.6 Å². The van der Waals surface area contributed by atoms with Crippen molar-refractivity contribution in [1.82, 2.24) is 4.90 Å². The number of aliphatic hydroxyl groups excluding tert-OH is 1. The topological polar surface area (TPSA) is 32.7 Å². The Morgan fingerprint density at radius 3 is 2.47 bits per heavy atom. The number of hydrogen-bond acceptors (Lipinski definition) is 3. The molecule has 2 rings (SSSR count). The first-order valence-corrected chi connectivity index (χ1v) is 7.11. The van der Waals surface area contributed by atoms with Crippen LogP contribution in [0.25, 0.3) is 0 Å². The number of rotatable bonds is 5. The van der Waals surface area contributed by atoms with Gasteiger partial charge in [-0.15, -0.1) is 0 Å². The second-order valence-electron chi connectivity index (χ2n) is 6.12. The standard InChI is InChI=1S/C14H27NO2/c1-15(10-13-4-2-3-5-13)11-14(12-16)6-8-17-9-7-14/h13,16H,2-12H2,1H3. The summed E-state index contributed by atoms with van der Waals surface area (Å²) in [5, 5.41) is 9.67. The van der Waals surface area contributed by atoms with Crippen molar-refractivity contribution in [3.05, 3.63) is 0 Å². The van der Waals surface area contributed by atoms with E-state index in [1.165, 1.54) is 32.2 Å². The zero-order valence-electron chi connectivity index (χ0n) is 11.2. The van der Waals surface area contributed by atoms with Gasteiger partial charge in [0.25, 0.3) is 0 Å². The molecule has 1 heterocycles. The van der Waals surface area contributed by atoms with Crippen LogP contribution >= 0.6 is 0 Å². The first-order chi connectivity index (χ1) is 8.24. The van der Waals surface area contributed by atoms with Gasteiger partial charge in [-0.25, -0.2) is 0 Å². The maximum atomic E-state index is 9.67. The highest BCUT2D eigenvalue weighted by Gasteiger charge is 2.33. The van der Waals surface area contributed by atoms with Crippen molar-refractivity contribution < 1.29 is 9.84 Å². The summed E-state index contributed by atoms with van der Waals surface area (Å²) >= 11 is 0. The molecule has 0 unspecified atom stereocenters. The van der Waals surface area contributed by atoms with Crippen molar-refractivity contribution >= 4 is 0 Å². The highest BCUT2D eigenvalue weighted by molar-refractivity contribution is 4.84. The molecule has 0 amide bonds. The highest BCUT2D eigenvalue weighted by Crippen LogP contribution is 2.32. The first-order valence-electron chi connectivity index (χ1n) is 7.11. The Labute approximate surface area is 105 Å². The summed E-state index contributed by atoms with van der Waals surface area (Å²) in [6.07, 6.45) is 7.66. The van der Waals surface area contributed by atoms with Gasteiger partial charge in [-0.1, -0.05) is 12.8 Å². The molecule has 0 atom stereocenters. The molecule has 3 heteroatoms. The third kappa shape index (κ3) is 3.67. The van der Waals surface area contributed by atoms with Crippen molar-refractivity contribution in [2.24, 2.45) is 11.3 Å². The normalized spacial score (nSPS) is 25.6. The molecule has 1 saturated heterocycles. The molecule has 2 fully saturated rings. The molecule has 0 aromatic heterocycles. The van der Waals surface area contributed by atoms with Crippen LogP contribution in [0.5, 0.6) is 0 Å². The Bertz CT molecular complexity index is 220. The van der Waals surface area contributed by atoms with E-state index in [0.29, 0.717) is 6.61 Å². The van der Waals surface area contributed by atoms with Crippen LogP contribution in [0.3, 0.4) is 0 Å². The summed E-state index contributed by atoms with van der Waals surface area (Å²) in [5.41, 5.74) is 0.103. The Kier molecular flexibility index (Phi) is 4.83. The van der Waals surface area contributed by atoms with Crippen molar-refractivity contribution in [3.63, 3.8) is 0 Å². The summed E-state index contributed by atoms with van der Waals surface area (Å²) in [4.78, 5) is 2.44. The molecule has 0 aromatic rings. The summed E-state index contributed by atoms with van der Waals surface area (Å²) in [7, 11) is 2.21. The largest absolute Gasteiger partial charge is 0.396 e. The minimum absolute atomic E-state index is 0.103. The fourth-order valence-corrected chi connectivity index (χ4v) is 3.44. The van der Waals surface area contributed by atoms with Crippen LogP contribution < -0.4 is 0 Å². The second kappa shape index (κ2) is 6.17. The molecule has 0 radical (unpaired) electrons. The summed E-state index contributed by atoms with van der Waals surface area (Å²) in [6.45, 7) is 4.19. The molecule has 0 spiro atoms. The van der Waals surface area contributed by atoms with Crippen LogP contribution in [0, 0.1) is 11.3 Å². The Morgan fingerprint density at radius 2 is 1.88 bits per heavy atom.